The summed E-state index contributed by atoms with van der Waals surface area (Å²) in [6.07, 6.45) is 0. The molecule has 5 rings (SSSR count). The van der Waals surface area contributed by atoms with Gasteiger partial charge in [0.25, 0.3) is 0 Å². The molecule has 0 aromatic heterocycles. The summed E-state index contributed by atoms with van der Waals surface area (Å²) >= 11 is 0. The van der Waals surface area contributed by atoms with Crippen molar-refractivity contribution in [3.8, 4) is 0 Å². The van der Waals surface area contributed by atoms with Gasteiger partial charge in [-0.3, -0.25) is 0 Å². The van der Waals surface area contributed by atoms with Crippen LogP contribution in [0.1, 0.15) is 52.7 Å². The minimum atomic E-state index is 0. The van der Waals surface area contributed by atoms with Crippen LogP contribution in [0, 0.1) is 0 Å². The first kappa shape index (κ1) is 29.6. The normalized spacial score (nSPS) is 11.2. The van der Waals surface area contributed by atoms with Crippen LogP contribution in [0.15, 0.2) is 84.9 Å². The monoisotopic (exact) mass is 552 g/mol. The predicted molar refractivity (Wildman–Crippen MR) is 134 cm³/mol. The number of benzene rings is 3. The maximum Gasteiger partial charge on any atom is 4.00 e. The molecule has 0 saturated carbocycles. The second-order valence-corrected chi connectivity index (χ2v) is 10.4. The van der Waals surface area contributed by atoms with E-state index >= 15 is 0 Å². The third-order valence-corrected chi connectivity index (χ3v) is 5.98. The van der Waals surface area contributed by atoms with E-state index < -0.39 is 0 Å². The molecule has 0 aliphatic rings. The topological polar surface area (TPSA) is 0 Å². The third kappa shape index (κ3) is 6.60. The Balaban J connectivity index is 0.000000385. The molecule has 0 aliphatic heterocycles. The minimum Gasteiger partial charge on any atom is -1.00 e. The van der Waals surface area contributed by atoms with Crippen molar-refractivity contribution in [2.24, 2.45) is 0 Å². The number of hydrogen-bond acceptors (Lipinski definition) is 0. The first-order valence-electron chi connectivity index (χ1n) is 10.9. The SMILES string of the molecule is CC(C)(C)c1ccc2c(c1)[cH-]c1cc(C(C)(C)C)ccc12.[Cl-].[Cl-].[Zr+4].c1ccc2[cH-]ccc2c1. The van der Waals surface area contributed by atoms with Gasteiger partial charge in [-0.25, -0.2) is 0 Å². The van der Waals surface area contributed by atoms with Crippen LogP contribution in [0.25, 0.3) is 32.3 Å². The fourth-order valence-corrected chi connectivity index (χ4v) is 4.03. The van der Waals surface area contributed by atoms with Crippen LogP contribution in [0.5, 0.6) is 0 Å². The van der Waals surface area contributed by atoms with Crippen molar-refractivity contribution in [2.75, 3.05) is 0 Å². The molecule has 0 radical (unpaired) electrons. The maximum absolute atomic E-state index is 2.35. The van der Waals surface area contributed by atoms with Crippen LogP contribution in [0.2, 0.25) is 0 Å². The standard InChI is InChI=1S/C21H25.C9H7.2ClH.Zr/c1-20(2,3)16-7-9-18-14(12-16)11-15-13-17(21(4,5)6)8-10-19(15)18;1-2-5-9-7-3-6-8(9)4-1;;;/h7-13H,1-6H3;1-7H;2*1H;/q2*-1;;;+4/p-2. The van der Waals surface area contributed by atoms with E-state index in [1.165, 1.54) is 43.4 Å². The van der Waals surface area contributed by atoms with Gasteiger partial charge < -0.3 is 24.8 Å². The first-order chi connectivity index (χ1) is 14.1. The van der Waals surface area contributed by atoms with E-state index in [1.54, 1.807) is 0 Å². The third-order valence-electron chi connectivity index (χ3n) is 5.98. The molecule has 3 heteroatoms. The molecule has 0 saturated heterocycles. The molecule has 0 heterocycles. The van der Waals surface area contributed by atoms with E-state index in [2.05, 4.69) is 126 Å². The molecule has 0 atom stereocenters. The van der Waals surface area contributed by atoms with Gasteiger partial charge in [-0.15, -0.1) is 69.4 Å². The largest absolute Gasteiger partial charge is 4.00 e. The van der Waals surface area contributed by atoms with Gasteiger partial charge in [0.15, 0.2) is 0 Å². The molecule has 0 unspecified atom stereocenters. The van der Waals surface area contributed by atoms with Gasteiger partial charge in [0.1, 0.15) is 0 Å². The van der Waals surface area contributed by atoms with E-state index in [4.69, 9.17) is 0 Å². The molecular formula is C30H32Cl2Zr. The Morgan fingerprint density at radius 1 is 0.576 bits per heavy atom. The van der Waals surface area contributed by atoms with Gasteiger partial charge in [0.2, 0.25) is 0 Å². The quantitative estimate of drug-likeness (QED) is 0.259. The summed E-state index contributed by atoms with van der Waals surface area (Å²) in [6.45, 7) is 13.6. The second kappa shape index (κ2) is 11.4. The van der Waals surface area contributed by atoms with E-state index in [-0.39, 0.29) is 61.8 Å². The summed E-state index contributed by atoms with van der Waals surface area (Å²) in [5.74, 6) is 0. The Morgan fingerprint density at radius 2 is 1.06 bits per heavy atom. The van der Waals surface area contributed by atoms with Crippen molar-refractivity contribution in [3.63, 3.8) is 0 Å². The summed E-state index contributed by atoms with van der Waals surface area (Å²) in [7, 11) is 0. The Bertz CT molecular complexity index is 1210. The molecule has 0 nitrogen and oxygen atoms in total. The van der Waals surface area contributed by atoms with E-state index in [0.29, 0.717) is 0 Å². The molecule has 0 fully saturated rings. The first-order valence-corrected chi connectivity index (χ1v) is 10.9. The Labute approximate surface area is 230 Å². The Kier molecular flexibility index (Phi) is 10.2. The number of fused-ring (bicyclic) bond motifs is 4. The van der Waals surface area contributed by atoms with Crippen LogP contribution < -0.4 is 24.8 Å². The van der Waals surface area contributed by atoms with Gasteiger partial charge in [0.05, 0.1) is 0 Å². The molecule has 170 valence electrons. The van der Waals surface area contributed by atoms with Gasteiger partial charge in [-0.2, -0.15) is 17.5 Å². The summed E-state index contributed by atoms with van der Waals surface area (Å²) < 4.78 is 0. The van der Waals surface area contributed by atoms with Crippen LogP contribution in [-0.2, 0) is 37.0 Å². The van der Waals surface area contributed by atoms with Crippen molar-refractivity contribution in [1.29, 1.82) is 0 Å². The summed E-state index contributed by atoms with van der Waals surface area (Å²) in [6, 6.07) is 30.8. The van der Waals surface area contributed by atoms with Crippen LogP contribution in [0.3, 0.4) is 0 Å². The van der Waals surface area contributed by atoms with Crippen molar-refractivity contribution in [3.05, 3.63) is 96.1 Å². The average Bonchev–Trinajstić information content (AvgIpc) is 3.30. The molecule has 0 spiro atoms. The van der Waals surface area contributed by atoms with Crippen LogP contribution in [0.4, 0.5) is 0 Å². The van der Waals surface area contributed by atoms with Crippen molar-refractivity contribution >= 4 is 32.3 Å². The number of rotatable bonds is 0. The van der Waals surface area contributed by atoms with E-state index in [1.807, 2.05) is 0 Å². The van der Waals surface area contributed by atoms with Crippen LogP contribution in [-0.4, -0.2) is 0 Å². The Hall–Kier alpha value is -1.40. The molecule has 0 amide bonds. The van der Waals surface area contributed by atoms with Crippen molar-refractivity contribution < 1.29 is 51.0 Å². The van der Waals surface area contributed by atoms with Crippen molar-refractivity contribution in [2.45, 2.75) is 52.4 Å². The van der Waals surface area contributed by atoms with Crippen molar-refractivity contribution in [1.82, 2.24) is 0 Å². The molecule has 0 N–H and O–H groups in total. The summed E-state index contributed by atoms with van der Waals surface area (Å²) in [5.41, 5.74) is 3.21. The molecule has 0 bridgehead atoms. The van der Waals surface area contributed by atoms with Gasteiger partial charge in [0, 0.05) is 0 Å². The summed E-state index contributed by atoms with van der Waals surface area (Å²) in [5, 5.41) is 8.14. The maximum atomic E-state index is 2.35. The molecule has 5 aromatic carbocycles. The molecule has 0 aliphatic carbocycles. The molecular weight excluding hydrogens is 522 g/mol. The molecule has 5 aromatic rings. The van der Waals surface area contributed by atoms with Crippen LogP contribution >= 0.6 is 0 Å². The average molecular weight is 555 g/mol. The minimum absolute atomic E-state index is 0. The smallest absolute Gasteiger partial charge is 1.00 e. The van der Waals surface area contributed by atoms with Gasteiger partial charge in [-0.1, -0.05) is 83.0 Å². The fourth-order valence-electron chi connectivity index (χ4n) is 4.03. The fraction of sp³-hybridized carbons (Fsp3) is 0.267. The number of halogens is 2. The summed E-state index contributed by atoms with van der Waals surface area (Å²) in [4.78, 5) is 0. The second-order valence-electron chi connectivity index (χ2n) is 10.4. The zero-order valence-electron chi connectivity index (χ0n) is 20.3. The number of hydrogen-bond donors (Lipinski definition) is 0. The predicted octanol–water partition coefficient (Wildman–Crippen LogP) is 2.87. The van der Waals surface area contributed by atoms with E-state index in [9.17, 15) is 0 Å². The Morgan fingerprint density at radius 3 is 1.52 bits per heavy atom. The zero-order valence-corrected chi connectivity index (χ0v) is 24.3. The van der Waals surface area contributed by atoms with E-state index in [0.717, 1.165) is 0 Å². The zero-order chi connectivity index (χ0) is 21.5. The van der Waals surface area contributed by atoms with Gasteiger partial charge in [-0.05, 0) is 10.8 Å². The molecule has 33 heavy (non-hydrogen) atoms. The van der Waals surface area contributed by atoms with Gasteiger partial charge >= 0.3 is 26.2 Å².